The zero-order chi connectivity index (χ0) is 22.5. The molecule has 2 aromatic carbocycles. The molecule has 2 heterocycles. The maximum Gasteiger partial charge on any atom is 0.261 e. The minimum atomic E-state index is -0.315. The summed E-state index contributed by atoms with van der Waals surface area (Å²) in [6.07, 6.45) is 1.72. The van der Waals surface area contributed by atoms with E-state index >= 15 is 0 Å². The van der Waals surface area contributed by atoms with Crippen molar-refractivity contribution < 1.29 is 9.53 Å². The molecule has 166 valence electrons. The second kappa shape index (κ2) is 9.90. The Labute approximate surface area is 192 Å². The van der Waals surface area contributed by atoms with Crippen LogP contribution in [-0.4, -0.2) is 71.0 Å². The predicted octanol–water partition coefficient (Wildman–Crippen LogP) is 2.31. The van der Waals surface area contributed by atoms with Crippen LogP contribution in [0.1, 0.15) is 10.4 Å². The van der Waals surface area contributed by atoms with Crippen molar-refractivity contribution in [2.45, 2.75) is 0 Å². The molecule has 32 heavy (non-hydrogen) atoms. The second-order valence-corrected chi connectivity index (χ2v) is 7.99. The van der Waals surface area contributed by atoms with Crippen molar-refractivity contribution in [3.05, 3.63) is 66.4 Å². The van der Waals surface area contributed by atoms with Crippen LogP contribution in [0.25, 0.3) is 16.9 Å². The third kappa shape index (κ3) is 5.13. The van der Waals surface area contributed by atoms with Gasteiger partial charge in [0.25, 0.3) is 5.91 Å². The predicted molar refractivity (Wildman–Crippen MR) is 128 cm³/mol. The Morgan fingerprint density at radius 3 is 2.38 bits per heavy atom. The van der Waals surface area contributed by atoms with Gasteiger partial charge in [-0.3, -0.25) is 15.5 Å². The Morgan fingerprint density at radius 1 is 1.03 bits per heavy atom. The zero-order valence-electron chi connectivity index (χ0n) is 18.1. The van der Waals surface area contributed by atoms with E-state index < -0.39 is 0 Å². The summed E-state index contributed by atoms with van der Waals surface area (Å²) in [7, 11) is 3.70. The van der Waals surface area contributed by atoms with Crippen LogP contribution in [0.5, 0.6) is 5.75 Å². The number of hydrogen-bond acceptors (Lipinski definition) is 6. The molecule has 1 amide bonds. The molecule has 4 rings (SSSR count). The SMILES string of the molecule is COc1ccc(-c2nn(-c3ccccc3)cc2C(=O)NC(=S)NN2CCN(C)CC2)cc1. The molecule has 1 fully saturated rings. The van der Waals surface area contributed by atoms with E-state index in [1.807, 2.05) is 59.6 Å². The van der Waals surface area contributed by atoms with Gasteiger partial charge in [0.15, 0.2) is 5.11 Å². The van der Waals surface area contributed by atoms with Crippen molar-refractivity contribution >= 4 is 23.2 Å². The smallest absolute Gasteiger partial charge is 0.261 e. The molecule has 0 radical (unpaired) electrons. The Hall–Kier alpha value is -3.27. The van der Waals surface area contributed by atoms with Crippen molar-refractivity contribution in [3.63, 3.8) is 0 Å². The number of amides is 1. The lowest BCUT2D eigenvalue weighted by molar-refractivity contribution is 0.0968. The summed E-state index contributed by atoms with van der Waals surface area (Å²) in [5, 5.41) is 9.78. The normalized spacial score (nSPS) is 14.7. The van der Waals surface area contributed by atoms with Crippen molar-refractivity contribution in [1.29, 1.82) is 0 Å². The summed E-state index contributed by atoms with van der Waals surface area (Å²) in [5.41, 5.74) is 5.78. The van der Waals surface area contributed by atoms with Gasteiger partial charge in [0.05, 0.1) is 18.4 Å². The quantitative estimate of drug-likeness (QED) is 0.578. The number of ether oxygens (including phenoxy) is 1. The number of likely N-dealkylation sites (N-methyl/N-ethyl adjacent to an activating group) is 1. The number of nitrogens with one attached hydrogen (secondary N) is 2. The molecule has 1 saturated heterocycles. The molecule has 9 heteroatoms. The number of piperazine rings is 1. The molecule has 2 N–H and O–H groups in total. The molecular formula is C23H26N6O2S. The Balaban J connectivity index is 1.57. The van der Waals surface area contributed by atoms with Crippen LogP contribution in [0, 0.1) is 0 Å². The van der Waals surface area contributed by atoms with Gasteiger partial charge < -0.3 is 9.64 Å². The fraction of sp³-hybridized carbons (Fsp3) is 0.261. The number of rotatable bonds is 5. The highest BCUT2D eigenvalue weighted by Gasteiger charge is 2.21. The molecule has 0 spiro atoms. The summed E-state index contributed by atoms with van der Waals surface area (Å²) in [6.45, 7) is 3.54. The lowest BCUT2D eigenvalue weighted by Crippen LogP contribution is -2.55. The molecule has 0 saturated carbocycles. The molecule has 8 nitrogen and oxygen atoms in total. The molecule has 0 atom stereocenters. The number of thiocarbonyl (C=S) groups is 1. The number of benzene rings is 2. The number of methoxy groups -OCH3 is 1. The van der Waals surface area contributed by atoms with E-state index in [0.29, 0.717) is 11.3 Å². The lowest BCUT2D eigenvalue weighted by Gasteiger charge is -2.32. The highest BCUT2D eigenvalue weighted by Crippen LogP contribution is 2.26. The number of carbonyl (C=O) groups is 1. The number of hydrogen-bond donors (Lipinski definition) is 2. The fourth-order valence-electron chi connectivity index (χ4n) is 3.48. The van der Waals surface area contributed by atoms with Gasteiger partial charge in [-0.2, -0.15) is 5.10 Å². The van der Waals surface area contributed by atoms with Crippen LogP contribution in [0.3, 0.4) is 0 Å². The Kier molecular flexibility index (Phi) is 6.79. The van der Waals surface area contributed by atoms with Gasteiger partial charge in [0.1, 0.15) is 11.4 Å². The van der Waals surface area contributed by atoms with Crippen molar-refractivity contribution in [2.24, 2.45) is 0 Å². The standard InChI is InChI=1S/C23H26N6O2S/c1-27-12-14-28(15-13-27)26-23(32)24-22(30)20-16-29(18-6-4-3-5-7-18)25-21(20)17-8-10-19(31-2)11-9-17/h3-11,16H,12-15H2,1-2H3,(H2,24,26,30,32). The van der Waals surface area contributed by atoms with Gasteiger partial charge >= 0.3 is 0 Å². The van der Waals surface area contributed by atoms with E-state index in [-0.39, 0.29) is 11.0 Å². The van der Waals surface area contributed by atoms with Crippen molar-refractivity contribution in [2.75, 3.05) is 40.3 Å². The van der Waals surface area contributed by atoms with Crippen LogP contribution in [0.15, 0.2) is 60.8 Å². The summed E-state index contributed by atoms with van der Waals surface area (Å²) in [5.74, 6) is 0.421. The highest BCUT2D eigenvalue weighted by atomic mass is 32.1. The van der Waals surface area contributed by atoms with Gasteiger partial charge in [-0.15, -0.1) is 0 Å². The zero-order valence-corrected chi connectivity index (χ0v) is 18.9. The topological polar surface area (TPSA) is 74.7 Å². The van der Waals surface area contributed by atoms with Crippen LogP contribution in [-0.2, 0) is 0 Å². The van der Waals surface area contributed by atoms with E-state index in [0.717, 1.165) is 43.2 Å². The monoisotopic (exact) mass is 450 g/mol. The third-order valence-electron chi connectivity index (χ3n) is 5.33. The van der Waals surface area contributed by atoms with Crippen LogP contribution >= 0.6 is 12.2 Å². The fourth-order valence-corrected chi connectivity index (χ4v) is 3.70. The van der Waals surface area contributed by atoms with Crippen molar-refractivity contribution in [1.82, 2.24) is 30.4 Å². The summed E-state index contributed by atoms with van der Waals surface area (Å²) in [6, 6.07) is 17.1. The molecular weight excluding hydrogens is 424 g/mol. The minimum absolute atomic E-state index is 0.271. The summed E-state index contributed by atoms with van der Waals surface area (Å²) < 4.78 is 6.95. The minimum Gasteiger partial charge on any atom is -0.497 e. The van der Waals surface area contributed by atoms with E-state index in [1.165, 1.54) is 0 Å². The summed E-state index contributed by atoms with van der Waals surface area (Å²) >= 11 is 5.39. The third-order valence-corrected chi connectivity index (χ3v) is 5.53. The Bertz CT molecular complexity index is 1080. The van der Waals surface area contributed by atoms with Crippen molar-refractivity contribution in [3.8, 4) is 22.7 Å². The van der Waals surface area contributed by atoms with Crippen LogP contribution in [0.2, 0.25) is 0 Å². The number of aromatic nitrogens is 2. The van der Waals surface area contributed by atoms with Crippen LogP contribution < -0.4 is 15.5 Å². The molecule has 1 aliphatic rings. The second-order valence-electron chi connectivity index (χ2n) is 7.59. The van der Waals surface area contributed by atoms with Gasteiger partial charge in [0, 0.05) is 37.9 Å². The van der Waals surface area contributed by atoms with Gasteiger partial charge in [-0.1, -0.05) is 18.2 Å². The Morgan fingerprint density at radius 2 is 1.72 bits per heavy atom. The van der Waals surface area contributed by atoms with Gasteiger partial charge in [0.2, 0.25) is 0 Å². The number of nitrogens with zero attached hydrogens (tertiary/aromatic N) is 4. The van der Waals surface area contributed by atoms with Crippen LogP contribution in [0.4, 0.5) is 0 Å². The van der Waals surface area contributed by atoms with E-state index in [9.17, 15) is 4.79 Å². The molecule has 0 unspecified atom stereocenters. The van der Waals surface area contributed by atoms with Gasteiger partial charge in [-0.25, -0.2) is 9.69 Å². The highest BCUT2D eigenvalue weighted by molar-refractivity contribution is 7.80. The average Bonchev–Trinajstić information content (AvgIpc) is 3.27. The lowest BCUT2D eigenvalue weighted by atomic mass is 10.1. The average molecular weight is 451 g/mol. The first-order valence-corrected chi connectivity index (χ1v) is 10.8. The first kappa shape index (κ1) is 21.9. The largest absolute Gasteiger partial charge is 0.497 e. The van der Waals surface area contributed by atoms with E-state index in [1.54, 1.807) is 18.0 Å². The molecule has 0 aliphatic carbocycles. The van der Waals surface area contributed by atoms with Gasteiger partial charge in [-0.05, 0) is 55.7 Å². The molecule has 1 aromatic heterocycles. The number of para-hydroxylation sites is 1. The maximum atomic E-state index is 13.2. The first-order chi connectivity index (χ1) is 15.5. The number of hydrazine groups is 1. The molecule has 1 aliphatic heterocycles. The van der Waals surface area contributed by atoms with E-state index in [2.05, 4.69) is 22.7 Å². The molecule has 3 aromatic rings. The van der Waals surface area contributed by atoms with E-state index in [4.69, 9.17) is 22.1 Å². The number of carbonyl (C=O) groups excluding carboxylic acids is 1. The maximum absolute atomic E-state index is 13.2. The molecule has 0 bridgehead atoms. The first-order valence-electron chi connectivity index (χ1n) is 10.4. The summed E-state index contributed by atoms with van der Waals surface area (Å²) in [4.78, 5) is 15.4.